The molecule has 0 spiro atoms. The zero-order valence-corrected chi connectivity index (χ0v) is 23.5. The number of aliphatic imine (C=N–C) groups is 1. The first-order valence-electron chi connectivity index (χ1n) is 13.9. The normalized spacial score (nSPS) is 17.1. The zero-order chi connectivity index (χ0) is 28.4. The number of allylic oxidation sites excluding steroid dienone is 1. The molecule has 0 bridgehead atoms. The Morgan fingerprint density at radius 3 is 2.67 bits per heavy atom. The van der Waals surface area contributed by atoms with Gasteiger partial charge >= 0.3 is 0 Å². The Kier molecular flexibility index (Phi) is 11.7. The summed E-state index contributed by atoms with van der Waals surface area (Å²) in [5, 5.41) is 3.55. The number of halogens is 2. The van der Waals surface area contributed by atoms with E-state index in [1.165, 1.54) is 12.4 Å². The third-order valence-corrected chi connectivity index (χ3v) is 7.60. The molecular weight excluding hydrogens is 500 g/mol. The Hall–Kier alpha value is -2.98. The van der Waals surface area contributed by atoms with Crippen LogP contribution in [0.25, 0.3) is 5.57 Å². The number of aryl methyl sites for hydroxylation is 1. The summed E-state index contributed by atoms with van der Waals surface area (Å²) in [7, 11) is 1.58. The van der Waals surface area contributed by atoms with Gasteiger partial charge in [0, 0.05) is 87.5 Å². The fourth-order valence-electron chi connectivity index (χ4n) is 5.42. The molecule has 1 saturated heterocycles. The fraction of sp³-hybridized carbons (Fsp3) is 0.586. The molecule has 0 unspecified atom stereocenters. The predicted octanol–water partition coefficient (Wildman–Crippen LogP) is 3.49. The number of anilines is 1. The topological polar surface area (TPSA) is 103 Å². The maximum Gasteiger partial charge on any atom is 0.264 e. The molecule has 0 atom stereocenters. The molecule has 0 aromatic heterocycles. The number of nitrogens with one attached hydrogen (secondary N) is 1. The third kappa shape index (κ3) is 8.50. The molecule has 2 heterocycles. The van der Waals surface area contributed by atoms with Gasteiger partial charge in [-0.05, 0) is 68.5 Å². The molecule has 1 fully saturated rings. The molecule has 10 heteroatoms. The van der Waals surface area contributed by atoms with Crippen molar-refractivity contribution in [2.24, 2.45) is 16.5 Å². The van der Waals surface area contributed by atoms with Gasteiger partial charge < -0.3 is 31.5 Å². The number of rotatable bonds is 13. The summed E-state index contributed by atoms with van der Waals surface area (Å²) in [5.74, 6) is -0.0543. The summed E-state index contributed by atoms with van der Waals surface area (Å²) < 4.78 is 28.2. The SMILES string of the molecule is C=C(CCN(CN1CCCc2cc(/C(C=NC)=C/N)c(C(F)F)cc21)C(C)=O)NC1CCN(CCCN)CC1. The Bertz CT molecular complexity index is 1030. The summed E-state index contributed by atoms with van der Waals surface area (Å²) >= 11 is 0. The van der Waals surface area contributed by atoms with E-state index in [0.29, 0.717) is 43.4 Å². The van der Waals surface area contributed by atoms with E-state index >= 15 is 0 Å². The number of piperidine rings is 1. The van der Waals surface area contributed by atoms with Crippen molar-refractivity contribution in [2.75, 3.05) is 57.9 Å². The molecule has 39 heavy (non-hydrogen) atoms. The maximum atomic E-state index is 14.1. The summed E-state index contributed by atoms with van der Waals surface area (Å²) in [5.41, 5.74) is 14.8. The van der Waals surface area contributed by atoms with Crippen LogP contribution >= 0.6 is 0 Å². The lowest BCUT2D eigenvalue weighted by Gasteiger charge is -2.37. The number of nitrogens with zero attached hydrogens (tertiary/aromatic N) is 4. The van der Waals surface area contributed by atoms with Gasteiger partial charge in [0.25, 0.3) is 6.43 Å². The van der Waals surface area contributed by atoms with Crippen molar-refractivity contribution < 1.29 is 13.6 Å². The van der Waals surface area contributed by atoms with Crippen LogP contribution in [0.15, 0.2) is 35.6 Å². The minimum absolute atomic E-state index is 0.0543. The summed E-state index contributed by atoms with van der Waals surface area (Å²) in [4.78, 5) is 22.8. The van der Waals surface area contributed by atoms with Crippen molar-refractivity contribution in [2.45, 2.75) is 57.9 Å². The van der Waals surface area contributed by atoms with E-state index in [1.54, 1.807) is 31.0 Å². The van der Waals surface area contributed by atoms with Crippen molar-refractivity contribution >= 4 is 23.4 Å². The van der Waals surface area contributed by atoms with Gasteiger partial charge in [-0.2, -0.15) is 0 Å². The van der Waals surface area contributed by atoms with E-state index in [2.05, 4.69) is 21.8 Å². The van der Waals surface area contributed by atoms with Crippen LogP contribution in [-0.2, 0) is 11.2 Å². The highest BCUT2D eigenvalue weighted by Gasteiger charge is 2.26. The van der Waals surface area contributed by atoms with Crippen LogP contribution in [0.1, 0.15) is 62.1 Å². The number of likely N-dealkylation sites (tertiary alicyclic amines) is 1. The van der Waals surface area contributed by atoms with Crippen LogP contribution in [0.5, 0.6) is 0 Å². The second-order valence-electron chi connectivity index (χ2n) is 10.4. The number of hydrogen-bond donors (Lipinski definition) is 3. The fourth-order valence-corrected chi connectivity index (χ4v) is 5.42. The Morgan fingerprint density at radius 2 is 2.05 bits per heavy atom. The van der Waals surface area contributed by atoms with Crippen molar-refractivity contribution in [3.8, 4) is 0 Å². The molecule has 1 aromatic carbocycles. The summed E-state index contributed by atoms with van der Waals surface area (Å²) in [6, 6.07) is 3.74. The van der Waals surface area contributed by atoms with Crippen LogP contribution in [0, 0.1) is 0 Å². The van der Waals surface area contributed by atoms with Gasteiger partial charge in [0.05, 0.1) is 6.67 Å². The van der Waals surface area contributed by atoms with E-state index in [1.807, 2.05) is 4.90 Å². The molecule has 0 saturated carbocycles. The third-order valence-electron chi connectivity index (χ3n) is 7.60. The van der Waals surface area contributed by atoms with Gasteiger partial charge in [0.15, 0.2) is 0 Å². The molecule has 216 valence electrons. The zero-order valence-electron chi connectivity index (χ0n) is 23.5. The van der Waals surface area contributed by atoms with Gasteiger partial charge in [-0.1, -0.05) is 6.58 Å². The number of carbonyl (C=O) groups excluding carboxylic acids is 1. The first kappa shape index (κ1) is 30.6. The van der Waals surface area contributed by atoms with E-state index < -0.39 is 6.43 Å². The number of alkyl halides is 2. The Labute approximate surface area is 231 Å². The Morgan fingerprint density at radius 1 is 1.31 bits per heavy atom. The largest absolute Gasteiger partial charge is 0.404 e. The molecule has 5 N–H and O–H groups in total. The van der Waals surface area contributed by atoms with Crippen molar-refractivity contribution in [3.05, 3.63) is 47.3 Å². The van der Waals surface area contributed by atoms with Crippen LogP contribution in [-0.4, -0.2) is 80.9 Å². The van der Waals surface area contributed by atoms with Gasteiger partial charge in [-0.15, -0.1) is 0 Å². The monoisotopic (exact) mass is 545 g/mol. The molecule has 0 radical (unpaired) electrons. The first-order chi connectivity index (χ1) is 18.8. The smallest absolute Gasteiger partial charge is 0.264 e. The number of carbonyl (C=O) groups is 1. The molecule has 0 aliphatic carbocycles. The van der Waals surface area contributed by atoms with E-state index in [4.69, 9.17) is 11.5 Å². The first-order valence-corrected chi connectivity index (χ1v) is 13.9. The highest BCUT2D eigenvalue weighted by Crippen LogP contribution is 2.36. The lowest BCUT2D eigenvalue weighted by atomic mass is 9.92. The average molecular weight is 546 g/mol. The highest BCUT2D eigenvalue weighted by atomic mass is 19.3. The van der Waals surface area contributed by atoms with Crippen LogP contribution < -0.4 is 21.7 Å². The van der Waals surface area contributed by atoms with Gasteiger partial charge in [0.1, 0.15) is 0 Å². The van der Waals surface area contributed by atoms with Crippen molar-refractivity contribution in [1.29, 1.82) is 0 Å². The van der Waals surface area contributed by atoms with Crippen LogP contribution in [0.4, 0.5) is 14.5 Å². The number of amides is 1. The van der Waals surface area contributed by atoms with E-state index in [0.717, 1.165) is 75.2 Å². The lowest BCUT2D eigenvalue weighted by Crippen LogP contribution is -2.44. The maximum absolute atomic E-state index is 14.1. The second-order valence-corrected chi connectivity index (χ2v) is 10.4. The standard InChI is InChI=1S/C29H45F2N7O/c1-21(35-25-8-13-36(14-9-25)11-5-10-32)7-15-37(22(2)39)20-38-12-4-6-23-16-26(24(18-33)19-34-3)27(29(30)31)17-28(23)38/h16-19,25,29,35H,1,4-15,20,32-33H2,2-3H3/b24-18+,34-19?. The van der Waals surface area contributed by atoms with Crippen molar-refractivity contribution in [3.63, 3.8) is 0 Å². The number of fused-ring (bicyclic) bond motifs is 1. The van der Waals surface area contributed by atoms with Crippen molar-refractivity contribution in [1.82, 2.24) is 15.1 Å². The minimum Gasteiger partial charge on any atom is -0.404 e. The second kappa shape index (κ2) is 15.0. The van der Waals surface area contributed by atoms with E-state index in [9.17, 15) is 13.6 Å². The van der Waals surface area contributed by atoms with Gasteiger partial charge in [0.2, 0.25) is 5.91 Å². The van der Waals surface area contributed by atoms with Gasteiger partial charge in [-0.25, -0.2) is 8.78 Å². The molecular formula is C29H45F2N7O. The number of nitrogens with two attached hydrogens (primary N) is 2. The highest BCUT2D eigenvalue weighted by molar-refractivity contribution is 6.10. The quantitative estimate of drug-likeness (QED) is 0.328. The molecule has 1 amide bonds. The molecule has 2 aliphatic rings. The minimum atomic E-state index is -2.67. The summed E-state index contributed by atoms with van der Waals surface area (Å²) in [6.07, 6.45) is 5.56. The average Bonchev–Trinajstić information content (AvgIpc) is 2.92. The van der Waals surface area contributed by atoms with Crippen LogP contribution in [0.2, 0.25) is 0 Å². The lowest BCUT2D eigenvalue weighted by molar-refractivity contribution is -0.128. The number of hydrogen-bond acceptors (Lipinski definition) is 7. The molecule has 8 nitrogen and oxygen atoms in total. The molecule has 1 aromatic rings. The molecule has 2 aliphatic heterocycles. The van der Waals surface area contributed by atoms with Crippen LogP contribution in [0.3, 0.4) is 0 Å². The summed E-state index contributed by atoms with van der Waals surface area (Å²) in [6.45, 7) is 11.2. The molecule has 3 rings (SSSR count). The Balaban J connectivity index is 1.64. The van der Waals surface area contributed by atoms with E-state index in [-0.39, 0.29) is 11.5 Å². The number of benzene rings is 1. The predicted molar refractivity (Wildman–Crippen MR) is 156 cm³/mol. The van der Waals surface area contributed by atoms with Gasteiger partial charge in [-0.3, -0.25) is 9.79 Å².